The molecule has 2 N–H and O–H groups in total. The third kappa shape index (κ3) is 3.06. The van der Waals surface area contributed by atoms with Crippen LogP contribution in [-0.2, 0) is 11.3 Å². The van der Waals surface area contributed by atoms with Crippen molar-refractivity contribution in [1.82, 2.24) is 9.13 Å². The number of rotatable bonds is 4. The molecule has 0 saturated carbocycles. The zero-order chi connectivity index (χ0) is 17.3. The van der Waals surface area contributed by atoms with E-state index in [-0.39, 0.29) is 25.1 Å². The number of hydrogen-bond acceptors (Lipinski definition) is 5. The average Bonchev–Trinajstić information content (AvgIpc) is 2.96. The molecular formula is C17H20N2O5. The van der Waals surface area contributed by atoms with Gasteiger partial charge >= 0.3 is 5.69 Å². The van der Waals surface area contributed by atoms with Crippen LogP contribution in [0.3, 0.4) is 0 Å². The number of ether oxygens (including phenoxy) is 1. The van der Waals surface area contributed by atoms with E-state index in [1.165, 1.54) is 10.8 Å². The Morgan fingerprint density at radius 2 is 1.96 bits per heavy atom. The van der Waals surface area contributed by atoms with Gasteiger partial charge in [-0.05, 0) is 12.5 Å². The van der Waals surface area contributed by atoms with Crippen LogP contribution < -0.4 is 11.2 Å². The fourth-order valence-corrected chi connectivity index (χ4v) is 2.92. The second kappa shape index (κ2) is 6.72. The van der Waals surface area contributed by atoms with E-state index in [2.05, 4.69) is 0 Å². The fourth-order valence-electron chi connectivity index (χ4n) is 2.92. The molecule has 1 aromatic carbocycles. The molecule has 0 unspecified atom stereocenters. The van der Waals surface area contributed by atoms with Gasteiger partial charge < -0.3 is 14.9 Å². The van der Waals surface area contributed by atoms with Crippen LogP contribution in [0.5, 0.6) is 0 Å². The first-order chi connectivity index (χ1) is 11.5. The van der Waals surface area contributed by atoms with Crippen LogP contribution in [-0.4, -0.2) is 38.2 Å². The minimum absolute atomic E-state index is 0.166. The Morgan fingerprint density at radius 3 is 2.58 bits per heavy atom. The molecule has 0 radical (unpaired) electrons. The highest BCUT2D eigenvalue weighted by atomic mass is 16.5. The number of hydrogen-bond donors (Lipinski definition) is 2. The zero-order valence-electron chi connectivity index (χ0n) is 13.3. The van der Waals surface area contributed by atoms with Crippen LogP contribution in [0.15, 0.2) is 46.1 Å². The molecule has 1 aliphatic heterocycles. The highest BCUT2D eigenvalue weighted by molar-refractivity contribution is 5.16. The number of aromatic nitrogens is 2. The zero-order valence-corrected chi connectivity index (χ0v) is 13.3. The standard InChI is InChI=1S/C17H20N2O5/c1-11-8-18(15-7-13(21)14(10-20)24-15)17(23)19(16(11)22)9-12-5-3-2-4-6-12/h2-6,8,13-15,20-21H,7,9-10H2,1H3/t13-,14+,15-/m1/s1. The lowest BCUT2D eigenvalue weighted by Crippen LogP contribution is -2.42. The number of benzene rings is 1. The normalized spacial score (nSPS) is 23.5. The Kier molecular flexibility index (Phi) is 4.66. The van der Waals surface area contributed by atoms with Crippen LogP contribution in [0.25, 0.3) is 0 Å². The summed E-state index contributed by atoms with van der Waals surface area (Å²) in [5, 5.41) is 19.1. The molecule has 3 atom stereocenters. The first-order valence-corrected chi connectivity index (χ1v) is 7.82. The van der Waals surface area contributed by atoms with Crippen LogP contribution in [0.4, 0.5) is 0 Å². The topological polar surface area (TPSA) is 93.7 Å². The summed E-state index contributed by atoms with van der Waals surface area (Å²) in [5.41, 5.74) is 0.410. The summed E-state index contributed by atoms with van der Waals surface area (Å²) in [4.78, 5) is 25.1. The van der Waals surface area contributed by atoms with Crippen LogP contribution in [0.2, 0.25) is 0 Å². The van der Waals surface area contributed by atoms with Gasteiger partial charge in [0, 0.05) is 18.2 Å². The van der Waals surface area contributed by atoms with Gasteiger partial charge in [0.2, 0.25) is 0 Å². The molecule has 0 bridgehead atoms. The quantitative estimate of drug-likeness (QED) is 0.822. The van der Waals surface area contributed by atoms with Crippen molar-refractivity contribution < 1.29 is 14.9 Å². The largest absolute Gasteiger partial charge is 0.394 e. The van der Waals surface area contributed by atoms with E-state index in [1.807, 2.05) is 30.3 Å². The molecule has 0 aliphatic carbocycles. The van der Waals surface area contributed by atoms with Gasteiger partial charge in [-0.15, -0.1) is 0 Å². The molecule has 2 aromatic rings. The molecule has 1 saturated heterocycles. The molecule has 1 fully saturated rings. The number of aliphatic hydroxyl groups excluding tert-OH is 2. The Bertz CT molecular complexity index is 827. The Balaban J connectivity index is 2.01. The summed E-state index contributed by atoms with van der Waals surface area (Å²) >= 11 is 0. The molecule has 1 aromatic heterocycles. The van der Waals surface area contributed by atoms with Gasteiger partial charge in [-0.2, -0.15) is 0 Å². The molecule has 3 rings (SSSR count). The predicted octanol–water partition coefficient (Wildman–Crippen LogP) is 0.00742. The van der Waals surface area contributed by atoms with Crippen molar-refractivity contribution in [3.63, 3.8) is 0 Å². The minimum Gasteiger partial charge on any atom is -0.394 e. The van der Waals surface area contributed by atoms with Gasteiger partial charge in [-0.1, -0.05) is 30.3 Å². The molecule has 1 aliphatic rings. The number of nitrogens with zero attached hydrogens (tertiary/aromatic N) is 2. The lowest BCUT2D eigenvalue weighted by molar-refractivity contribution is -0.0463. The molecule has 7 nitrogen and oxygen atoms in total. The maximum atomic E-state index is 12.7. The highest BCUT2D eigenvalue weighted by Crippen LogP contribution is 2.27. The Hall–Kier alpha value is -2.22. The highest BCUT2D eigenvalue weighted by Gasteiger charge is 2.35. The van der Waals surface area contributed by atoms with Crippen molar-refractivity contribution in [2.75, 3.05) is 6.61 Å². The van der Waals surface area contributed by atoms with Crippen molar-refractivity contribution in [2.45, 2.75) is 38.3 Å². The first-order valence-electron chi connectivity index (χ1n) is 7.82. The molecule has 2 heterocycles. The van der Waals surface area contributed by atoms with Crippen molar-refractivity contribution in [3.05, 3.63) is 68.5 Å². The van der Waals surface area contributed by atoms with E-state index < -0.39 is 24.1 Å². The summed E-state index contributed by atoms with van der Waals surface area (Å²) in [5.74, 6) is 0. The lowest BCUT2D eigenvalue weighted by atomic mass is 10.2. The maximum absolute atomic E-state index is 12.7. The lowest BCUT2D eigenvalue weighted by Gasteiger charge is -2.17. The summed E-state index contributed by atoms with van der Waals surface area (Å²) < 4.78 is 8.01. The van der Waals surface area contributed by atoms with Crippen molar-refractivity contribution in [1.29, 1.82) is 0 Å². The fraction of sp³-hybridized carbons (Fsp3) is 0.412. The van der Waals surface area contributed by atoms with Crippen LogP contribution >= 0.6 is 0 Å². The van der Waals surface area contributed by atoms with E-state index in [0.29, 0.717) is 5.56 Å². The van der Waals surface area contributed by atoms with E-state index in [4.69, 9.17) is 4.74 Å². The predicted molar refractivity (Wildman–Crippen MR) is 86.9 cm³/mol. The SMILES string of the molecule is Cc1cn([C@H]2C[C@@H](O)[C@H](CO)O2)c(=O)n(Cc2ccccc2)c1=O. The van der Waals surface area contributed by atoms with Gasteiger partial charge in [0.05, 0.1) is 19.3 Å². The minimum atomic E-state index is -0.846. The molecule has 7 heteroatoms. The van der Waals surface area contributed by atoms with Gasteiger partial charge in [-0.3, -0.25) is 13.9 Å². The van der Waals surface area contributed by atoms with E-state index in [0.717, 1.165) is 10.1 Å². The van der Waals surface area contributed by atoms with E-state index in [1.54, 1.807) is 6.92 Å². The maximum Gasteiger partial charge on any atom is 0.333 e. The Labute approximate surface area is 138 Å². The smallest absolute Gasteiger partial charge is 0.333 e. The monoisotopic (exact) mass is 332 g/mol. The van der Waals surface area contributed by atoms with Crippen molar-refractivity contribution in [3.8, 4) is 0 Å². The second-order valence-electron chi connectivity index (χ2n) is 5.99. The van der Waals surface area contributed by atoms with Gasteiger partial charge in [-0.25, -0.2) is 4.79 Å². The molecule has 0 spiro atoms. The summed E-state index contributed by atoms with van der Waals surface area (Å²) in [6.45, 7) is 1.47. The van der Waals surface area contributed by atoms with Gasteiger partial charge in [0.15, 0.2) is 0 Å². The number of aryl methyl sites for hydroxylation is 1. The van der Waals surface area contributed by atoms with Crippen molar-refractivity contribution in [2.24, 2.45) is 0 Å². The van der Waals surface area contributed by atoms with Crippen LogP contribution in [0.1, 0.15) is 23.8 Å². The summed E-state index contributed by atoms with van der Waals surface area (Å²) in [6, 6.07) is 9.24. The molecule has 24 heavy (non-hydrogen) atoms. The first kappa shape index (κ1) is 16.6. The van der Waals surface area contributed by atoms with Gasteiger partial charge in [0.25, 0.3) is 5.56 Å². The second-order valence-corrected chi connectivity index (χ2v) is 5.99. The summed E-state index contributed by atoms with van der Waals surface area (Å²) in [6.07, 6.45) is -0.637. The molecule has 128 valence electrons. The molecule has 0 amide bonds. The van der Waals surface area contributed by atoms with Gasteiger partial charge in [0.1, 0.15) is 12.3 Å². The number of aliphatic hydroxyl groups is 2. The average molecular weight is 332 g/mol. The van der Waals surface area contributed by atoms with Crippen LogP contribution in [0, 0.1) is 6.92 Å². The van der Waals surface area contributed by atoms with E-state index >= 15 is 0 Å². The van der Waals surface area contributed by atoms with Crippen molar-refractivity contribution >= 4 is 0 Å². The Morgan fingerprint density at radius 1 is 1.25 bits per heavy atom. The summed E-state index contributed by atoms with van der Waals surface area (Å²) in [7, 11) is 0. The third-order valence-electron chi connectivity index (χ3n) is 4.24. The third-order valence-corrected chi connectivity index (χ3v) is 4.24. The molecular weight excluding hydrogens is 312 g/mol. The van der Waals surface area contributed by atoms with E-state index in [9.17, 15) is 19.8 Å².